The lowest BCUT2D eigenvalue weighted by atomic mass is 10.2. The van der Waals surface area contributed by atoms with Gasteiger partial charge in [0.05, 0.1) is 11.3 Å². The molecule has 0 radical (unpaired) electrons. The Balaban J connectivity index is 2.17. The van der Waals surface area contributed by atoms with E-state index >= 15 is 0 Å². The van der Waals surface area contributed by atoms with E-state index in [9.17, 15) is 9.59 Å². The summed E-state index contributed by atoms with van der Waals surface area (Å²) in [4.78, 5) is 28.2. The van der Waals surface area contributed by atoms with E-state index in [1.165, 1.54) is 0 Å². The molecule has 2 heterocycles. The largest absolute Gasteiger partial charge is 0.455 e. The van der Waals surface area contributed by atoms with Crippen molar-refractivity contribution in [3.63, 3.8) is 0 Å². The van der Waals surface area contributed by atoms with Gasteiger partial charge in [0.1, 0.15) is 11.2 Å². The second-order valence-corrected chi connectivity index (χ2v) is 6.40. The predicted molar refractivity (Wildman–Crippen MR) is 77.7 cm³/mol. The highest BCUT2D eigenvalue weighted by Gasteiger charge is 2.34. The topological polar surface area (TPSA) is 60.7 Å². The maximum absolute atomic E-state index is 12.5. The molecular formula is C16H18N2O3. The van der Waals surface area contributed by atoms with Crippen molar-refractivity contribution in [1.29, 1.82) is 0 Å². The fourth-order valence-electron chi connectivity index (χ4n) is 2.37. The summed E-state index contributed by atoms with van der Waals surface area (Å²) in [5.41, 5.74) is 1.64. The molecule has 2 aromatic rings. The van der Waals surface area contributed by atoms with Crippen molar-refractivity contribution in [2.75, 3.05) is 0 Å². The standard InChI is InChI=1S/C16H18N2O3/c1-16(2,3)21-15(20)13-12(10-6-7-10)17-14-11(9-19)5-4-8-18(13)14/h4-5,8-10H,6-7H2,1-3H3. The molecule has 1 fully saturated rings. The molecule has 5 heteroatoms. The fourth-order valence-corrected chi connectivity index (χ4v) is 2.37. The highest BCUT2D eigenvalue weighted by Crippen LogP contribution is 2.41. The van der Waals surface area contributed by atoms with Crippen LogP contribution in [0.1, 0.15) is 66.1 Å². The predicted octanol–water partition coefficient (Wildman–Crippen LogP) is 2.98. The van der Waals surface area contributed by atoms with Crippen molar-refractivity contribution in [3.05, 3.63) is 35.3 Å². The molecular weight excluding hydrogens is 268 g/mol. The SMILES string of the molecule is CC(C)(C)OC(=O)c1c(C2CC2)nc2c(C=O)cccn12. The van der Waals surface area contributed by atoms with Crippen molar-refractivity contribution in [1.82, 2.24) is 9.38 Å². The number of carbonyl (C=O) groups excluding carboxylic acids is 2. The van der Waals surface area contributed by atoms with E-state index in [0.717, 1.165) is 24.8 Å². The zero-order valence-corrected chi connectivity index (χ0v) is 12.4. The second kappa shape index (κ2) is 4.69. The van der Waals surface area contributed by atoms with Crippen LogP contribution in [0.2, 0.25) is 0 Å². The maximum atomic E-state index is 12.5. The normalized spacial score (nSPS) is 15.2. The highest BCUT2D eigenvalue weighted by atomic mass is 16.6. The Morgan fingerprint density at radius 1 is 1.43 bits per heavy atom. The van der Waals surface area contributed by atoms with Gasteiger partial charge in [0.15, 0.2) is 12.0 Å². The molecule has 0 N–H and O–H groups in total. The zero-order chi connectivity index (χ0) is 15.2. The van der Waals surface area contributed by atoms with Crippen LogP contribution in [0.3, 0.4) is 0 Å². The van der Waals surface area contributed by atoms with Crippen LogP contribution in [0.4, 0.5) is 0 Å². The number of rotatable bonds is 3. The molecule has 1 aliphatic rings. The summed E-state index contributed by atoms with van der Waals surface area (Å²) in [5, 5.41) is 0. The van der Waals surface area contributed by atoms with Gasteiger partial charge >= 0.3 is 5.97 Å². The Bertz CT molecular complexity index is 721. The minimum atomic E-state index is -0.565. The summed E-state index contributed by atoms with van der Waals surface area (Å²) in [6.07, 6.45) is 4.56. The number of hydrogen-bond acceptors (Lipinski definition) is 4. The van der Waals surface area contributed by atoms with Crippen molar-refractivity contribution in [3.8, 4) is 0 Å². The zero-order valence-electron chi connectivity index (χ0n) is 12.4. The summed E-state index contributed by atoms with van der Waals surface area (Å²) >= 11 is 0. The molecule has 1 saturated carbocycles. The van der Waals surface area contributed by atoms with E-state index in [1.54, 1.807) is 22.7 Å². The van der Waals surface area contributed by atoms with E-state index < -0.39 is 5.60 Å². The van der Waals surface area contributed by atoms with Gasteiger partial charge in [-0.25, -0.2) is 9.78 Å². The number of carbonyl (C=O) groups is 2. The van der Waals surface area contributed by atoms with Crippen molar-refractivity contribution in [2.24, 2.45) is 0 Å². The molecule has 0 aromatic carbocycles. The summed E-state index contributed by atoms with van der Waals surface area (Å²) in [5.74, 6) is -0.0909. The Kier molecular flexibility index (Phi) is 3.08. The van der Waals surface area contributed by atoms with Gasteiger partial charge < -0.3 is 4.74 Å². The van der Waals surface area contributed by atoms with Gasteiger partial charge in [0.2, 0.25) is 0 Å². The lowest BCUT2D eigenvalue weighted by Crippen LogP contribution is -2.25. The summed E-state index contributed by atoms with van der Waals surface area (Å²) in [6, 6.07) is 3.44. The first-order valence-corrected chi connectivity index (χ1v) is 7.10. The third-order valence-corrected chi connectivity index (χ3v) is 3.39. The van der Waals surface area contributed by atoms with Gasteiger partial charge in [-0.3, -0.25) is 9.20 Å². The third kappa shape index (κ3) is 2.55. The van der Waals surface area contributed by atoms with Crippen LogP contribution in [0, 0.1) is 0 Å². The monoisotopic (exact) mass is 286 g/mol. The molecule has 5 nitrogen and oxygen atoms in total. The van der Waals surface area contributed by atoms with Crippen molar-refractivity contribution >= 4 is 17.9 Å². The van der Waals surface area contributed by atoms with Gasteiger partial charge in [-0.15, -0.1) is 0 Å². The number of nitrogens with zero attached hydrogens (tertiary/aromatic N) is 2. The molecule has 0 saturated heterocycles. The molecule has 110 valence electrons. The number of hydrogen-bond donors (Lipinski definition) is 0. The Labute approximate surface area is 122 Å². The van der Waals surface area contributed by atoms with Crippen LogP contribution in [0.15, 0.2) is 18.3 Å². The first kappa shape index (κ1) is 13.8. The van der Waals surface area contributed by atoms with Crippen LogP contribution in [0.25, 0.3) is 5.65 Å². The maximum Gasteiger partial charge on any atom is 0.357 e. The van der Waals surface area contributed by atoms with Gasteiger partial charge in [0, 0.05) is 12.1 Å². The number of pyridine rings is 1. The van der Waals surface area contributed by atoms with E-state index in [0.29, 0.717) is 22.8 Å². The Morgan fingerprint density at radius 3 is 2.71 bits per heavy atom. The van der Waals surface area contributed by atoms with E-state index in [-0.39, 0.29) is 5.97 Å². The number of aromatic nitrogens is 2. The molecule has 0 unspecified atom stereocenters. The highest BCUT2D eigenvalue weighted by molar-refractivity contribution is 5.93. The number of ether oxygens (including phenoxy) is 1. The van der Waals surface area contributed by atoms with E-state index in [1.807, 2.05) is 20.8 Å². The smallest absolute Gasteiger partial charge is 0.357 e. The molecule has 21 heavy (non-hydrogen) atoms. The second-order valence-electron chi connectivity index (χ2n) is 6.40. The number of esters is 1. The number of imidazole rings is 1. The average molecular weight is 286 g/mol. The minimum Gasteiger partial charge on any atom is -0.455 e. The van der Waals surface area contributed by atoms with Gasteiger partial charge in [-0.1, -0.05) is 0 Å². The molecule has 0 amide bonds. The fraction of sp³-hybridized carbons (Fsp3) is 0.438. The van der Waals surface area contributed by atoms with Crippen molar-refractivity contribution in [2.45, 2.75) is 45.1 Å². The summed E-state index contributed by atoms with van der Waals surface area (Å²) in [6.45, 7) is 5.51. The molecule has 1 aliphatic carbocycles. The average Bonchev–Trinajstić information content (AvgIpc) is 3.16. The summed E-state index contributed by atoms with van der Waals surface area (Å²) in [7, 11) is 0. The minimum absolute atomic E-state index is 0.298. The number of fused-ring (bicyclic) bond motifs is 1. The van der Waals surface area contributed by atoms with Crippen LogP contribution in [-0.2, 0) is 4.74 Å². The van der Waals surface area contributed by atoms with Crippen LogP contribution in [0.5, 0.6) is 0 Å². The molecule has 0 atom stereocenters. The first-order chi connectivity index (χ1) is 9.90. The number of aldehydes is 1. The lowest BCUT2D eigenvalue weighted by molar-refractivity contribution is 0.00602. The first-order valence-electron chi connectivity index (χ1n) is 7.10. The quantitative estimate of drug-likeness (QED) is 0.643. The molecule has 0 aliphatic heterocycles. The van der Waals surface area contributed by atoms with Crippen LogP contribution < -0.4 is 0 Å². The Morgan fingerprint density at radius 2 is 2.14 bits per heavy atom. The van der Waals surface area contributed by atoms with Crippen molar-refractivity contribution < 1.29 is 14.3 Å². The van der Waals surface area contributed by atoms with Gasteiger partial charge in [-0.2, -0.15) is 0 Å². The lowest BCUT2D eigenvalue weighted by Gasteiger charge is -2.19. The van der Waals surface area contributed by atoms with Gasteiger partial charge in [0.25, 0.3) is 0 Å². The molecule has 0 spiro atoms. The third-order valence-electron chi connectivity index (χ3n) is 3.39. The molecule has 3 rings (SSSR count). The van der Waals surface area contributed by atoms with E-state index in [2.05, 4.69) is 4.98 Å². The Hall–Kier alpha value is -2.17. The van der Waals surface area contributed by atoms with Gasteiger partial charge in [-0.05, 0) is 45.7 Å². The molecule has 0 bridgehead atoms. The van der Waals surface area contributed by atoms with E-state index in [4.69, 9.17) is 4.74 Å². The van der Waals surface area contributed by atoms with Crippen LogP contribution >= 0.6 is 0 Å². The summed E-state index contributed by atoms with van der Waals surface area (Å²) < 4.78 is 7.17. The van der Waals surface area contributed by atoms with Crippen LogP contribution in [-0.4, -0.2) is 27.2 Å². The molecule has 2 aromatic heterocycles.